The van der Waals surface area contributed by atoms with Crippen molar-refractivity contribution in [2.45, 2.75) is 25.9 Å². The van der Waals surface area contributed by atoms with Gasteiger partial charge in [-0.3, -0.25) is 24.7 Å². The Balaban J connectivity index is 1.73. The molecule has 0 saturated heterocycles. The number of hydrogen-bond donors (Lipinski definition) is 0. The Morgan fingerprint density at radius 2 is 1.88 bits per heavy atom. The monoisotopic (exact) mass is 320 g/mol. The van der Waals surface area contributed by atoms with Gasteiger partial charge in [-0.05, 0) is 37.1 Å². The molecule has 24 heavy (non-hydrogen) atoms. The summed E-state index contributed by atoms with van der Waals surface area (Å²) in [6.45, 7) is 2.16. The van der Waals surface area contributed by atoms with Crippen LogP contribution in [0.3, 0.4) is 0 Å². The predicted molar refractivity (Wildman–Crippen MR) is 93.8 cm³/mol. The number of rotatable bonds is 7. The van der Waals surface area contributed by atoms with E-state index < -0.39 is 0 Å². The Hall–Kier alpha value is -2.66. The number of nitrogens with zero attached hydrogens (tertiary/aromatic N) is 4. The molecule has 0 aromatic carbocycles. The lowest BCUT2D eigenvalue weighted by atomic mass is 10.2. The molecule has 5 heteroatoms. The first-order chi connectivity index (χ1) is 11.8. The first-order valence-electron chi connectivity index (χ1n) is 8.07. The molecule has 0 saturated carbocycles. The quantitative estimate of drug-likeness (QED) is 0.736. The number of allylic oxidation sites excluding steroid dienone is 1. The van der Waals surface area contributed by atoms with E-state index in [1.807, 2.05) is 36.7 Å². The van der Waals surface area contributed by atoms with Gasteiger partial charge in [0, 0.05) is 43.8 Å². The number of carbonyl (C=O) groups is 1. The minimum Gasteiger partial charge on any atom is -0.298 e. The smallest absolute Gasteiger partial charge is 0.151 e. The van der Waals surface area contributed by atoms with E-state index in [-0.39, 0.29) is 0 Å². The van der Waals surface area contributed by atoms with Crippen molar-refractivity contribution in [3.63, 3.8) is 0 Å². The van der Waals surface area contributed by atoms with E-state index in [1.54, 1.807) is 12.3 Å². The summed E-state index contributed by atoms with van der Waals surface area (Å²) < 4.78 is 0. The maximum absolute atomic E-state index is 10.8. The molecule has 3 heterocycles. The molecular weight excluding hydrogens is 300 g/mol. The maximum atomic E-state index is 10.8. The van der Waals surface area contributed by atoms with Crippen LogP contribution in [-0.2, 0) is 13.1 Å². The topological polar surface area (TPSA) is 58.5 Å². The van der Waals surface area contributed by atoms with Crippen molar-refractivity contribution in [3.8, 4) is 0 Å². The summed E-state index contributed by atoms with van der Waals surface area (Å²) in [6, 6.07) is 9.63. The largest absolute Gasteiger partial charge is 0.298 e. The van der Waals surface area contributed by atoms with Crippen LogP contribution >= 0.6 is 0 Å². The fraction of sp³-hybridized carbons (Fsp3) is 0.263. The van der Waals surface area contributed by atoms with E-state index in [0.29, 0.717) is 12.1 Å². The summed E-state index contributed by atoms with van der Waals surface area (Å²) in [5, 5.41) is 0. The van der Waals surface area contributed by atoms with E-state index in [1.165, 1.54) is 0 Å². The van der Waals surface area contributed by atoms with Gasteiger partial charge in [0.15, 0.2) is 6.29 Å². The molecule has 0 aliphatic carbocycles. The molecule has 2 aromatic rings. The normalized spacial score (nSPS) is 13.8. The highest BCUT2D eigenvalue weighted by Crippen LogP contribution is 2.13. The lowest BCUT2D eigenvalue weighted by molar-refractivity contribution is 0.112. The molecule has 0 amide bonds. The van der Waals surface area contributed by atoms with Gasteiger partial charge in [0.2, 0.25) is 0 Å². The second-order valence-corrected chi connectivity index (χ2v) is 5.75. The fourth-order valence-electron chi connectivity index (χ4n) is 2.61. The molecule has 2 aromatic heterocycles. The Morgan fingerprint density at radius 1 is 1.00 bits per heavy atom. The summed E-state index contributed by atoms with van der Waals surface area (Å²) >= 11 is 0. The van der Waals surface area contributed by atoms with Crippen molar-refractivity contribution >= 4 is 12.5 Å². The van der Waals surface area contributed by atoms with Crippen LogP contribution in [0.15, 0.2) is 59.5 Å². The second-order valence-electron chi connectivity index (χ2n) is 5.75. The molecule has 3 rings (SSSR count). The van der Waals surface area contributed by atoms with E-state index in [9.17, 15) is 4.79 Å². The number of aldehydes is 1. The molecule has 0 radical (unpaired) electrons. The van der Waals surface area contributed by atoms with E-state index in [0.717, 1.165) is 49.3 Å². The first kappa shape index (κ1) is 16.2. The predicted octanol–water partition coefficient (Wildman–Crippen LogP) is 3.04. The van der Waals surface area contributed by atoms with Crippen molar-refractivity contribution in [1.29, 1.82) is 0 Å². The summed E-state index contributed by atoms with van der Waals surface area (Å²) in [5.41, 5.74) is 3.62. The minimum absolute atomic E-state index is 0.592. The SMILES string of the molecule is O=Cc1ccc(CN(CC2=CCCC=N2)Cc2ccccn2)nc1. The molecule has 0 atom stereocenters. The first-order valence-corrected chi connectivity index (χ1v) is 8.07. The standard InChI is InChI=1S/C19H20N4O/c24-15-16-7-8-19(22-11-16)14-23(12-17-5-1-3-9-20-17)13-18-6-2-4-10-21-18/h1,3,5-11,15H,2,4,12-14H2. The number of aliphatic imine (C=N–C) groups is 1. The molecule has 0 unspecified atom stereocenters. The van der Waals surface area contributed by atoms with Gasteiger partial charge in [0.1, 0.15) is 0 Å². The molecule has 1 aliphatic rings. The summed E-state index contributed by atoms with van der Waals surface area (Å²) in [7, 11) is 0. The summed E-state index contributed by atoms with van der Waals surface area (Å²) in [4.78, 5) is 26.3. The van der Waals surface area contributed by atoms with Gasteiger partial charge in [-0.25, -0.2) is 0 Å². The average molecular weight is 320 g/mol. The highest BCUT2D eigenvalue weighted by molar-refractivity contribution is 5.73. The van der Waals surface area contributed by atoms with Gasteiger partial charge in [-0.1, -0.05) is 12.1 Å². The van der Waals surface area contributed by atoms with E-state index in [2.05, 4.69) is 25.9 Å². The van der Waals surface area contributed by atoms with Crippen LogP contribution < -0.4 is 0 Å². The van der Waals surface area contributed by atoms with Crippen LogP contribution in [-0.4, -0.2) is 33.9 Å². The molecular formula is C19H20N4O. The zero-order valence-electron chi connectivity index (χ0n) is 13.5. The number of aromatic nitrogens is 2. The zero-order valence-corrected chi connectivity index (χ0v) is 13.5. The number of carbonyl (C=O) groups excluding carboxylic acids is 1. The van der Waals surface area contributed by atoms with Crippen LogP contribution in [0.25, 0.3) is 0 Å². The Morgan fingerprint density at radius 3 is 2.50 bits per heavy atom. The number of pyridine rings is 2. The van der Waals surface area contributed by atoms with Crippen molar-refractivity contribution in [2.75, 3.05) is 6.54 Å². The molecule has 5 nitrogen and oxygen atoms in total. The van der Waals surface area contributed by atoms with Crippen molar-refractivity contribution in [2.24, 2.45) is 4.99 Å². The minimum atomic E-state index is 0.592. The molecule has 122 valence electrons. The third-order valence-electron chi connectivity index (χ3n) is 3.80. The Labute approximate surface area is 141 Å². The van der Waals surface area contributed by atoms with Crippen LogP contribution in [0.5, 0.6) is 0 Å². The van der Waals surface area contributed by atoms with Gasteiger partial charge >= 0.3 is 0 Å². The summed E-state index contributed by atoms with van der Waals surface area (Å²) in [5.74, 6) is 0. The van der Waals surface area contributed by atoms with Gasteiger partial charge in [-0.2, -0.15) is 0 Å². The van der Waals surface area contributed by atoms with Gasteiger partial charge in [0.25, 0.3) is 0 Å². The highest BCUT2D eigenvalue weighted by atomic mass is 16.1. The highest BCUT2D eigenvalue weighted by Gasteiger charge is 2.12. The molecule has 0 fully saturated rings. The molecule has 0 spiro atoms. The van der Waals surface area contributed by atoms with Gasteiger partial charge in [0.05, 0.1) is 17.1 Å². The third-order valence-corrected chi connectivity index (χ3v) is 3.80. The van der Waals surface area contributed by atoms with Crippen LogP contribution in [0.1, 0.15) is 34.6 Å². The molecule has 1 aliphatic heterocycles. The van der Waals surface area contributed by atoms with Crippen molar-refractivity contribution in [1.82, 2.24) is 14.9 Å². The maximum Gasteiger partial charge on any atom is 0.151 e. The van der Waals surface area contributed by atoms with Crippen LogP contribution in [0.2, 0.25) is 0 Å². The van der Waals surface area contributed by atoms with Gasteiger partial charge in [-0.15, -0.1) is 0 Å². The van der Waals surface area contributed by atoms with E-state index >= 15 is 0 Å². The Bertz CT molecular complexity index is 723. The molecule has 0 bridgehead atoms. The lowest BCUT2D eigenvalue weighted by Gasteiger charge is -2.22. The van der Waals surface area contributed by atoms with Crippen molar-refractivity contribution < 1.29 is 4.79 Å². The third kappa shape index (κ3) is 4.67. The number of hydrogen-bond acceptors (Lipinski definition) is 5. The van der Waals surface area contributed by atoms with Crippen LogP contribution in [0.4, 0.5) is 0 Å². The average Bonchev–Trinajstić information content (AvgIpc) is 2.64. The van der Waals surface area contributed by atoms with E-state index in [4.69, 9.17) is 0 Å². The van der Waals surface area contributed by atoms with Crippen molar-refractivity contribution in [3.05, 3.63) is 71.4 Å². The van der Waals surface area contributed by atoms with Crippen LogP contribution in [0, 0.1) is 0 Å². The Kier molecular flexibility index (Phi) is 5.58. The summed E-state index contributed by atoms with van der Waals surface area (Å²) in [6.07, 6.45) is 10.5. The zero-order chi connectivity index (χ0) is 16.6. The fourth-order valence-corrected chi connectivity index (χ4v) is 2.61. The lowest BCUT2D eigenvalue weighted by Crippen LogP contribution is -2.26. The second kappa shape index (κ2) is 8.26. The molecule has 0 N–H and O–H groups in total. The van der Waals surface area contributed by atoms with Gasteiger partial charge < -0.3 is 0 Å².